The van der Waals surface area contributed by atoms with Gasteiger partial charge in [0, 0.05) is 33.3 Å². The molecule has 0 heterocycles. The summed E-state index contributed by atoms with van der Waals surface area (Å²) < 4.78 is 0. The summed E-state index contributed by atoms with van der Waals surface area (Å²) in [6.07, 6.45) is 0. The van der Waals surface area contributed by atoms with Gasteiger partial charge in [0.2, 0.25) is 5.96 Å². The third-order valence-electron chi connectivity index (χ3n) is 2.74. The van der Waals surface area contributed by atoms with Gasteiger partial charge in [0.15, 0.2) is 5.96 Å². The third-order valence-corrected chi connectivity index (χ3v) is 2.74. The highest BCUT2D eigenvalue weighted by molar-refractivity contribution is 5.94. The van der Waals surface area contributed by atoms with Crippen molar-refractivity contribution in [2.75, 3.05) is 21.1 Å². The van der Waals surface area contributed by atoms with Gasteiger partial charge in [-0.15, -0.1) is 0 Å². The molecule has 0 spiro atoms. The number of benzene rings is 1. The summed E-state index contributed by atoms with van der Waals surface area (Å²) in [6, 6.07) is 7.10. The van der Waals surface area contributed by atoms with E-state index >= 15 is 0 Å². The average Bonchev–Trinajstić information content (AvgIpc) is 2.48. The standard InChI is InChI=1S/C14H22N6O/c1-10(16-2)18-14(19-13(15)17-3)20(4)9-11-7-5-6-8-12(11)21/h5-8,16,21H,1,9H2,2-4H3,(H3,15,17,18,19). The summed E-state index contributed by atoms with van der Waals surface area (Å²) in [5.74, 6) is 1.30. The van der Waals surface area contributed by atoms with E-state index in [4.69, 9.17) is 5.73 Å². The average molecular weight is 290 g/mol. The van der Waals surface area contributed by atoms with Crippen LogP contribution < -0.4 is 16.4 Å². The second-order valence-corrected chi connectivity index (χ2v) is 4.34. The van der Waals surface area contributed by atoms with E-state index in [9.17, 15) is 5.11 Å². The summed E-state index contributed by atoms with van der Waals surface area (Å²) in [7, 11) is 5.20. The van der Waals surface area contributed by atoms with Crippen LogP contribution >= 0.6 is 0 Å². The summed E-state index contributed by atoms with van der Waals surface area (Å²) in [6.45, 7) is 4.18. The largest absolute Gasteiger partial charge is 0.508 e. The van der Waals surface area contributed by atoms with Crippen LogP contribution in [0.3, 0.4) is 0 Å². The first-order valence-corrected chi connectivity index (χ1v) is 6.43. The zero-order valence-corrected chi connectivity index (χ0v) is 12.6. The SMILES string of the molecule is C=C(/N=C(\N=C(/N)NC)N(C)Cc1ccccc1O)NC. The normalized spacial score (nSPS) is 12.0. The van der Waals surface area contributed by atoms with Crippen LogP contribution in [0.25, 0.3) is 0 Å². The van der Waals surface area contributed by atoms with Gasteiger partial charge < -0.3 is 26.4 Å². The molecule has 1 aromatic rings. The molecule has 0 aliphatic rings. The molecule has 0 atom stereocenters. The molecule has 0 radical (unpaired) electrons. The lowest BCUT2D eigenvalue weighted by Crippen LogP contribution is -2.33. The zero-order valence-electron chi connectivity index (χ0n) is 12.6. The van der Waals surface area contributed by atoms with Crippen LogP contribution in [0.1, 0.15) is 5.56 Å². The van der Waals surface area contributed by atoms with Crippen molar-refractivity contribution in [2.45, 2.75) is 6.54 Å². The maximum atomic E-state index is 9.83. The molecule has 0 aromatic heterocycles. The van der Waals surface area contributed by atoms with Crippen LogP contribution in [0, 0.1) is 0 Å². The van der Waals surface area contributed by atoms with E-state index in [-0.39, 0.29) is 11.7 Å². The number of phenols is 1. The van der Waals surface area contributed by atoms with E-state index in [1.807, 2.05) is 12.1 Å². The first kappa shape index (κ1) is 16.4. The minimum absolute atomic E-state index is 0.224. The van der Waals surface area contributed by atoms with Crippen molar-refractivity contribution in [3.05, 3.63) is 42.2 Å². The monoisotopic (exact) mass is 290 g/mol. The number of para-hydroxylation sites is 1. The molecule has 0 unspecified atom stereocenters. The van der Waals surface area contributed by atoms with Gasteiger partial charge in [0.1, 0.15) is 11.6 Å². The van der Waals surface area contributed by atoms with Crippen LogP contribution in [-0.2, 0) is 6.54 Å². The number of guanidine groups is 2. The lowest BCUT2D eigenvalue weighted by atomic mass is 10.2. The van der Waals surface area contributed by atoms with Crippen molar-refractivity contribution in [1.29, 1.82) is 0 Å². The first-order chi connectivity index (χ1) is 9.97. The van der Waals surface area contributed by atoms with Crippen molar-refractivity contribution in [3.8, 4) is 5.75 Å². The molecular weight excluding hydrogens is 268 g/mol. The molecule has 0 aliphatic heterocycles. The second-order valence-electron chi connectivity index (χ2n) is 4.34. The Kier molecular flexibility index (Phi) is 6.06. The van der Waals surface area contributed by atoms with E-state index in [1.54, 1.807) is 38.2 Å². The number of nitrogens with one attached hydrogen (secondary N) is 2. The zero-order chi connectivity index (χ0) is 15.8. The lowest BCUT2D eigenvalue weighted by Gasteiger charge is -2.19. The molecule has 0 fully saturated rings. The number of hydrogen-bond donors (Lipinski definition) is 4. The van der Waals surface area contributed by atoms with E-state index in [1.165, 1.54) is 0 Å². The molecule has 0 saturated carbocycles. The number of aliphatic imine (C=N–C) groups is 2. The summed E-state index contributed by atoms with van der Waals surface area (Å²) in [5.41, 5.74) is 6.45. The van der Waals surface area contributed by atoms with Crippen molar-refractivity contribution in [1.82, 2.24) is 15.5 Å². The Labute approximate surface area is 124 Å². The Bertz CT molecular complexity index is 552. The maximum absolute atomic E-state index is 9.83. The third kappa shape index (κ3) is 5.06. The molecule has 7 heteroatoms. The molecule has 0 bridgehead atoms. The van der Waals surface area contributed by atoms with Gasteiger partial charge >= 0.3 is 0 Å². The van der Waals surface area contributed by atoms with Gasteiger partial charge in [-0.3, -0.25) is 0 Å². The predicted molar refractivity (Wildman–Crippen MR) is 85.9 cm³/mol. The number of rotatable bonds is 4. The smallest absolute Gasteiger partial charge is 0.230 e. The van der Waals surface area contributed by atoms with Crippen molar-refractivity contribution in [3.63, 3.8) is 0 Å². The lowest BCUT2D eigenvalue weighted by molar-refractivity contribution is 0.439. The fourth-order valence-electron chi connectivity index (χ4n) is 1.51. The maximum Gasteiger partial charge on any atom is 0.230 e. The highest BCUT2D eigenvalue weighted by atomic mass is 16.3. The quantitative estimate of drug-likeness (QED) is 0.475. The minimum Gasteiger partial charge on any atom is -0.508 e. The second kappa shape index (κ2) is 7.78. The number of nitrogens with zero attached hydrogens (tertiary/aromatic N) is 3. The number of hydrogen-bond acceptors (Lipinski definition) is 3. The van der Waals surface area contributed by atoms with Crippen molar-refractivity contribution >= 4 is 11.9 Å². The molecule has 114 valence electrons. The van der Waals surface area contributed by atoms with Crippen molar-refractivity contribution in [2.24, 2.45) is 15.7 Å². The van der Waals surface area contributed by atoms with Crippen LogP contribution in [0.15, 0.2) is 46.7 Å². The van der Waals surface area contributed by atoms with E-state index < -0.39 is 0 Å². The van der Waals surface area contributed by atoms with E-state index in [2.05, 4.69) is 27.2 Å². The summed E-state index contributed by atoms with van der Waals surface area (Å²) >= 11 is 0. The van der Waals surface area contributed by atoms with Gasteiger partial charge in [-0.2, -0.15) is 9.98 Å². The van der Waals surface area contributed by atoms with Gasteiger partial charge in [-0.25, -0.2) is 0 Å². The van der Waals surface area contributed by atoms with Gasteiger partial charge in [-0.1, -0.05) is 24.8 Å². The molecule has 0 aliphatic carbocycles. The highest BCUT2D eigenvalue weighted by Gasteiger charge is 2.10. The van der Waals surface area contributed by atoms with Gasteiger partial charge in [0.05, 0.1) is 0 Å². The summed E-state index contributed by atoms with van der Waals surface area (Å²) in [5, 5.41) is 15.4. The Morgan fingerprint density at radius 2 is 1.95 bits per heavy atom. The van der Waals surface area contributed by atoms with Crippen LogP contribution in [-0.4, -0.2) is 43.1 Å². The molecule has 1 rings (SSSR count). The Balaban J connectivity index is 3.00. The van der Waals surface area contributed by atoms with E-state index in [0.29, 0.717) is 18.3 Å². The van der Waals surface area contributed by atoms with Crippen LogP contribution in [0.5, 0.6) is 5.75 Å². The topological polar surface area (TPSA) is 98.3 Å². The number of aromatic hydroxyl groups is 1. The molecule has 1 aromatic carbocycles. The van der Waals surface area contributed by atoms with Crippen molar-refractivity contribution < 1.29 is 5.11 Å². The first-order valence-electron chi connectivity index (χ1n) is 6.43. The predicted octanol–water partition coefficient (Wildman–Crippen LogP) is 0.405. The van der Waals surface area contributed by atoms with Gasteiger partial charge in [-0.05, 0) is 6.07 Å². The Morgan fingerprint density at radius 1 is 1.29 bits per heavy atom. The molecular formula is C14H22N6O. The fraction of sp³-hybridized carbons (Fsp3) is 0.286. The fourth-order valence-corrected chi connectivity index (χ4v) is 1.51. The molecule has 21 heavy (non-hydrogen) atoms. The molecule has 0 saturated heterocycles. The number of phenolic OH excluding ortho intramolecular Hbond substituents is 1. The van der Waals surface area contributed by atoms with Gasteiger partial charge in [0.25, 0.3) is 0 Å². The Morgan fingerprint density at radius 3 is 2.52 bits per heavy atom. The van der Waals surface area contributed by atoms with Crippen LogP contribution in [0.4, 0.5) is 0 Å². The van der Waals surface area contributed by atoms with E-state index in [0.717, 1.165) is 5.56 Å². The van der Waals surface area contributed by atoms with Crippen LogP contribution in [0.2, 0.25) is 0 Å². The molecule has 7 nitrogen and oxygen atoms in total. The molecule has 5 N–H and O–H groups in total. The Hall–Kier alpha value is -2.70. The summed E-state index contributed by atoms with van der Waals surface area (Å²) in [4.78, 5) is 10.2. The highest BCUT2D eigenvalue weighted by Crippen LogP contribution is 2.17. The number of nitrogens with two attached hydrogens (primary N) is 1. The molecule has 0 amide bonds. The minimum atomic E-state index is 0.224.